The quantitative estimate of drug-likeness (QED) is 0.149. The molecular formula is C25H21F4N5O4. The summed E-state index contributed by atoms with van der Waals surface area (Å²) >= 11 is 0. The molecule has 4 rings (SSSR count). The highest BCUT2D eigenvalue weighted by Crippen LogP contribution is 2.34. The van der Waals surface area contributed by atoms with Gasteiger partial charge in [0, 0.05) is 24.6 Å². The molecule has 0 unspecified atom stereocenters. The molecule has 0 fully saturated rings. The minimum Gasteiger partial charge on any atom is -0.489 e. The number of benzene rings is 3. The standard InChI is InChI=1S/C25H21F4N5O4/c1-36-8-9-37-22-12-21-17(11-20(22)30)23(32-13-31-21)38-16-5-2-14(3-6-16)33-24(35)34-15-4-7-19(26)18(10-15)25(27,28)29/h2-7,10-13H,8-9,30H2,1H3,(H2,33,34,35). The highest BCUT2D eigenvalue weighted by Gasteiger charge is 2.34. The second-order valence-electron chi connectivity index (χ2n) is 7.83. The lowest BCUT2D eigenvalue weighted by Crippen LogP contribution is -2.20. The number of nitrogen functional groups attached to an aromatic ring is 1. The number of hydrogen-bond acceptors (Lipinski definition) is 7. The van der Waals surface area contributed by atoms with Gasteiger partial charge in [-0.2, -0.15) is 13.2 Å². The Kier molecular flexibility index (Phi) is 7.76. The summed E-state index contributed by atoms with van der Waals surface area (Å²) in [6.45, 7) is 0.713. The molecule has 0 bridgehead atoms. The predicted molar refractivity (Wildman–Crippen MR) is 132 cm³/mol. The molecule has 2 amide bonds. The zero-order valence-corrected chi connectivity index (χ0v) is 19.8. The Morgan fingerprint density at radius 2 is 1.68 bits per heavy atom. The third-order valence-electron chi connectivity index (χ3n) is 5.13. The highest BCUT2D eigenvalue weighted by molar-refractivity contribution is 5.99. The molecule has 3 aromatic carbocycles. The van der Waals surface area contributed by atoms with Gasteiger partial charge in [-0.05, 0) is 48.5 Å². The van der Waals surface area contributed by atoms with Gasteiger partial charge in [0.2, 0.25) is 5.88 Å². The van der Waals surface area contributed by atoms with E-state index in [0.29, 0.717) is 59.1 Å². The van der Waals surface area contributed by atoms with E-state index < -0.39 is 23.6 Å². The van der Waals surface area contributed by atoms with Crippen LogP contribution in [0.25, 0.3) is 10.9 Å². The predicted octanol–water partition coefficient (Wildman–Crippen LogP) is 5.83. The van der Waals surface area contributed by atoms with Crippen molar-refractivity contribution in [3.63, 3.8) is 0 Å². The van der Waals surface area contributed by atoms with Crippen LogP contribution in [0.1, 0.15) is 5.56 Å². The molecule has 0 saturated carbocycles. The van der Waals surface area contributed by atoms with Crippen LogP contribution < -0.4 is 25.8 Å². The zero-order valence-electron chi connectivity index (χ0n) is 19.8. The van der Waals surface area contributed by atoms with E-state index in [1.54, 1.807) is 31.4 Å². The van der Waals surface area contributed by atoms with Crippen LogP contribution in [-0.2, 0) is 10.9 Å². The van der Waals surface area contributed by atoms with Crippen LogP contribution in [0.5, 0.6) is 17.4 Å². The first kappa shape index (κ1) is 26.4. The number of ether oxygens (including phenoxy) is 3. The topological polar surface area (TPSA) is 121 Å². The summed E-state index contributed by atoms with van der Waals surface area (Å²) in [5.41, 5.74) is 5.62. The van der Waals surface area contributed by atoms with Gasteiger partial charge in [-0.25, -0.2) is 19.2 Å². The fourth-order valence-corrected chi connectivity index (χ4v) is 3.35. The Balaban J connectivity index is 1.42. The largest absolute Gasteiger partial charge is 0.489 e. The van der Waals surface area contributed by atoms with Gasteiger partial charge in [-0.15, -0.1) is 0 Å². The molecular weight excluding hydrogens is 510 g/mol. The van der Waals surface area contributed by atoms with Gasteiger partial charge in [0.05, 0.1) is 28.8 Å². The number of nitrogens with zero attached hydrogens (tertiary/aromatic N) is 2. The van der Waals surface area contributed by atoms with Gasteiger partial charge in [-0.3, -0.25) is 0 Å². The summed E-state index contributed by atoms with van der Waals surface area (Å²) < 4.78 is 68.5. The average molecular weight is 531 g/mol. The number of carbonyl (C=O) groups excluding carboxylic acids is 1. The smallest absolute Gasteiger partial charge is 0.419 e. The Morgan fingerprint density at radius 1 is 0.974 bits per heavy atom. The first-order valence-electron chi connectivity index (χ1n) is 11.0. The van der Waals surface area contributed by atoms with E-state index in [9.17, 15) is 22.4 Å². The van der Waals surface area contributed by atoms with E-state index in [1.807, 2.05) is 0 Å². The van der Waals surface area contributed by atoms with E-state index in [2.05, 4.69) is 20.6 Å². The number of fused-ring (bicyclic) bond motifs is 1. The first-order valence-corrected chi connectivity index (χ1v) is 11.0. The van der Waals surface area contributed by atoms with Crippen LogP contribution in [-0.4, -0.2) is 36.3 Å². The number of methoxy groups -OCH3 is 1. The molecule has 0 aliphatic heterocycles. The Hall–Kier alpha value is -4.65. The van der Waals surface area contributed by atoms with Crippen LogP contribution >= 0.6 is 0 Å². The Labute approximate surface area is 213 Å². The summed E-state index contributed by atoms with van der Waals surface area (Å²) in [5, 5.41) is 5.25. The molecule has 13 heteroatoms. The highest BCUT2D eigenvalue weighted by atomic mass is 19.4. The monoisotopic (exact) mass is 531 g/mol. The van der Waals surface area contributed by atoms with Crippen molar-refractivity contribution in [1.82, 2.24) is 9.97 Å². The van der Waals surface area contributed by atoms with Gasteiger partial charge in [0.25, 0.3) is 0 Å². The molecule has 0 aliphatic carbocycles. The van der Waals surface area contributed by atoms with Gasteiger partial charge < -0.3 is 30.6 Å². The fourth-order valence-electron chi connectivity index (χ4n) is 3.35. The van der Waals surface area contributed by atoms with Crippen LogP contribution in [0.15, 0.2) is 60.9 Å². The van der Waals surface area contributed by atoms with Crippen molar-refractivity contribution in [2.24, 2.45) is 0 Å². The number of carbonyl (C=O) groups is 1. The molecule has 1 heterocycles. The maximum Gasteiger partial charge on any atom is 0.419 e. The number of rotatable bonds is 8. The minimum absolute atomic E-state index is 0.224. The maximum atomic E-state index is 13.4. The number of urea groups is 1. The summed E-state index contributed by atoms with van der Waals surface area (Å²) in [6, 6.07) is 10.8. The van der Waals surface area contributed by atoms with Gasteiger partial charge in [-0.1, -0.05) is 0 Å². The summed E-state index contributed by atoms with van der Waals surface area (Å²) in [5.74, 6) is -0.374. The van der Waals surface area contributed by atoms with E-state index in [1.165, 1.54) is 18.5 Å². The second-order valence-corrected chi connectivity index (χ2v) is 7.83. The van der Waals surface area contributed by atoms with Crippen molar-refractivity contribution in [2.75, 3.05) is 36.7 Å². The SMILES string of the molecule is COCCOc1cc2ncnc(Oc3ccc(NC(=O)Nc4ccc(F)c(C(F)(F)F)c4)cc3)c2cc1N. The molecule has 0 atom stereocenters. The van der Waals surface area contributed by atoms with Gasteiger partial charge >= 0.3 is 12.2 Å². The maximum absolute atomic E-state index is 13.4. The van der Waals surface area contributed by atoms with Crippen LogP contribution in [0.2, 0.25) is 0 Å². The molecule has 1 aromatic heterocycles. The molecule has 0 spiro atoms. The van der Waals surface area contributed by atoms with Gasteiger partial charge in [0.1, 0.15) is 30.3 Å². The number of nitrogens with two attached hydrogens (primary N) is 1. The lowest BCUT2D eigenvalue weighted by Gasteiger charge is -2.13. The Morgan fingerprint density at radius 3 is 2.39 bits per heavy atom. The van der Waals surface area contributed by atoms with Crippen molar-refractivity contribution < 1.29 is 36.6 Å². The summed E-state index contributed by atoms with van der Waals surface area (Å²) in [6.07, 6.45) is -3.57. The molecule has 9 nitrogen and oxygen atoms in total. The number of alkyl halides is 3. The van der Waals surface area contributed by atoms with Crippen LogP contribution in [0.4, 0.5) is 39.4 Å². The fraction of sp³-hybridized carbons (Fsp3) is 0.160. The molecule has 4 N–H and O–H groups in total. The number of halogens is 4. The molecule has 198 valence electrons. The van der Waals surface area contributed by atoms with E-state index in [4.69, 9.17) is 19.9 Å². The van der Waals surface area contributed by atoms with Crippen molar-refractivity contribution in [3.8, 4) is 17.4 Å². The van der Waals surface area contributed by atoms with Crippen molar-refractivity contribution >= 4 is 34.0 Å². The van der Waals surface area contributed by atoms with Crippen molar-refractivity contribution in [2.45, 2.75) is 6.18 Å². The van der Waals surface area contributed by atoms with E-state index >= 15 is 0 Å². The van der Waals surface area contributed by atoms with Crippen LogP contribution in [0, 0.1) is 5.82 Å². The number of amides is 2. The van der Waals surface area contributed by atoms with Gasteiger partial charge in [0.15, 0.2) is 0 Å². The minimum atomic E-state index is -4.89. The second kappa shape index (κ2) is 11.2. The number of anilines is 3. The van der Waals surface area contributed by atoms with E-state index in [0.717, 1.165) is 6.07 Å². The third-order valence-corrected chi connectivity index (χ3v) is 5.13. The zero-order chi connectivity index (χ0) is 27.3. The molecule has 4 aromatic rings. The summed E-state index contributed by atoms with van der Waals surface area (Å²) in [4.78, 5) is 20.6. The lowest BCUT2D eigenvalue weighted by atomic mass is 10.2. The lowest BCUT2D eigenvalue weighted by molar-refractivity contribution is -0.139. The number of hydrogen-bond donors (Lipinski definition) is 3. The van der Waals surface area contributed by atoms with Crippen molar-refractivity contribution in [3.05, 3.63) is 72.3 Å². The molecule has 38 heavy (non-hydrogen) atoms. The first-order chi connectivity index (χ1) is 18.1. The molecule has 0 aliphatic rings. The molecule has 0 saturated heterocycles. The molecule has 0 radical (unpaired) electrons. The van der Waals surface area contributed by atoms with E-state index in [-0.39, 0.29) is 11.6 Å². The number of aromatic nitrogens is 2. The Bertz CT molecular complexity index is 1450. The third kappa shape index (κ3) is 6.37. The normalized spacial score (nSPS) is 11.3. The average Bonchev–Trinajstić information content (AvgIpc) is 2.86. The van der Waals surface area contributed by atoms with Crippen molar-refractivity contribution in [1.29, 1.82) is 0 Å². The number of nitrogens with one attached hydrogen (secondary N) is 2. The van der Waals surface area contributed by atoms with Crippen LogP contribution in [0.3, 0.4) is 0 Å². The summed E-state index contributed by atoms with van der Waals surface area (Å²) in [7, 11) is 1.56.